The van der Waals surface area contributed by atoms with Crippen molar-refractivity contribution in [3.63, 3.8) is 0 Å². The topological polar surface area (TPSA) is 124 Å². The number of aryl methyl sites for hydroxylation is 1. The molecule has 0 saturated carbocycles. The molecular weight excluding hydrogens is 595 g/mol. The van der Waals surface area contributed by atoms with Gasteiger partial charge in [0.05, 0.1) is 31.0 Å². The van der Waals surface area contributed by atoms with Crippen molar-refractivity contribution in [2.24, 2.45) is 0 Å². The molecule has 1 atom stereocenters. The first-order chi connectivity index (χ1) is 21.8. The number of carbonyl (C=O) groups is 4. The number of benzene rings is 2. The second-order valence-corrected chi connectivity index (χ2v) is 12.8. The molecular formula is C33H45FN6O6. The van der Waals surface area contributed by atoms with Gasteiger partial charge in [0.2, 0.25) is 11.8 Å². The molecule has 0 aromatic heterocycles. The number of hydrogen-bond acceptors (Lipinski definition) is 8. The van der Waals surface area contributed by atoms with Gasteiger partial charge >= 0.3 is 12.2 Å². The summed E-state index contributed by atoms with van der Waals surface area (Å²) < 4.78 is 25.8. The van der Waals surface area contributed by atoms with Crippen LogP contribution in [0.2, 0.25) is 0 Å². The predicted octanol–water partition coefficient (Wildman–Crippen LogP) is 3.85. The molecule has 2 aromatic rings. The van der Waals surface area contributed by atoms with Crippen molar-refractivity contribution in [1.29, 1.82) is 0 Å². The number of nitrogens with one attached hydrogen (secondary N) is 2. The standard InChI is InChI=1S/C33H45FN6O6/c1-33(2,3)46-31(43)35-20-26-21-40(32(44)45-26)25-13-14-28(27(34)19-25)38-15-17-39(18-16-38)30(42)8-6-7-23-9-11-24(12-10-23)36-29(41)22-37(4)5/h9-14,19,26H,6-8,15-18,20-22H2,1-5H3,(H,35,43)(H,36,41)/t26-/m0/s1. The average molecular weight is 641 g/mol. The van der Waals surface area contributed by atoms with E-state index in [1.54, 1.807) is 37.8 Å². The number of ether oxygens (including phenoxy) is 2. The number of rotatable bonds is 11. The van der Waals surface area contributed by atoms with Crippen LogP contribution < -0.4 is 20.4 Å². The summed E-state index contributed by atoms with van der Waals surface area (Å²) in [6.07, 6.45) is 0.0616. The summed E-state index contributed by atoms with van der Waals surface area (Å²) in [6, 6.07) is 12.3. The molecule has 4 rings (SSSR count). The maximum Gasteiger partial charge on any atom is 0.414 e. The van der Waals surface area contributed by atoms with E-state index in [2.05, 4.69) is 10.6 Å². The lowest BCUT2D eigenvalue weighted by Crippen LogP contribution is -2.49. The quantitative estimate of drug-likeness (QED) is 0.380. The number of halogens is 1. The fourth-order valence-corrected chi connectivity index (χ4v) is 5.31. The lowest BCUT2D eigenvalue weighted by Gasteiger charge is -2.36. The second kappa shape index (κ2) is 15.3. The van der Waals surface area contributed by atoms with Crippen LogP contribution in [0.15, 0.2) is 42.5 Å². The summed E-state index contributed by atoms with van der Waals surface area (Å²) >= 11 is 0. The maximum absolute atomic E-state index is 15.2. The summed E-state index contributed by atoms with van der Waals surface area (Å²) in [7, 11) is 3.68. The number of likely N-dealkylation sites (N-methyl/N-ethyl adjacent to an activating group) is 1. The minimum absolute atomic E-state index is 0.0715. The van der Waals surface area contributed by atoms with E-state index in [-0.39, 0.29) is 24.9 Å². The van der Waals surface area contributed by atoms with Gasteiger partial charge in [-0.3, -0.25) is 14.5 Å². The molecule has 2 aliphatic rings. The molecule has 0 bridgehead atoms. The third-order valence-electron chi connectivity index (χ3n) is 7.52. The molecule has 0 aliphatic carbocycles. The summed E-state index contributed by atoms with van der Waals surface area (Å²) in [5.74, 6) is -0.465. The van der Waals surface area contributed by atoms with Crippen molar-refractivity contribution >= 4 is 41.1 Å². The number of nitrogens with zero attached hydrogens (tertiary/aromatic N) is 4. The van der Waals surface area contributed by atoms with E-state index >= 15 is 4.39 Å². The Morgan fingerprint density at radius 2 is 1.74 bits per heavy atom. The van der Waals surface area contributed by atoms with Crippen LogP contribution in [-0.4, -0.2) is 105 Å². The fourth-order valence-electron chi connectivity index (χ4n) is 5.31. The maximum atomic E-state index is 15.2. The number of anilines is 3. The van der Waals surface area contributed by atoms with Crippen LogP contribution in [0.4, 0.5) is 31.0 Å². The predicted molar refractivity (Wildman–Crippen MR) is 174 cm³/mol. The van der Waals surface area contributed by atoms with Gasteiger partial charge < -0.3 is 34.8 Å². The Bertz CT molecular complexity index is 1390. The van der Waals surface area contributed by atoms with E-state index < -0.39 is 29.7 Å². The van der Waals surface area contributed by atoms with E-state index in [1.807, 2.05) is 48.2 Å². The zero-order valence-corrected chi connectivity index (χ0v) is 27.3. The van der Waals surface area contributed by atoms with Gasteiger partial charge in [-0.25, -0.2) is 14.0 Å². The Hall–Kier alpha value is -4.39. The van der Waals surface area contributed by atoms with E-state index in [0.29, 0.717) is 56.9 Å². The van der Waals surface area contributed by atoms with Gasteiger partial charge in [0.25, 0.3) is 0 Å². The molecule has 13 heteroatoms. The molecule has 0 radical (unpaired) electrons. The minimum Gasteiger partial charge on any atom is -0.444 e. The summed E-state index contributed by atoms with van der Waals surface area (Å²) in [5, 5.41) is 5.46. The van der Waals surface area contributed by atoms with Gasteiger partial charge in [0.1, 0.15) is 17.5 Å². The number of amides is 4. The highest BCUT2D eigenvalue weighted by Crippen LogP contribution is 2.29. The zero-order chi connectivity index (χ0) is 33.4. The zero-order valence-electron chi connectivity index (χ0n) is 27.3. The van der Waals surface area contributed by atoms with Gasteiger partial charge in [-0.2, -0.15) is 0 Å². The third kappa shape index (κ3) is 10.1. The molecule has 2 aromatic carbocycles. The molecule has 12 nitrogen and oxygen atoms in total. The number of alkyl carbamates (subject to hydrolysis) is 1. The first-order valence-corrected chi connectivity index (χ1v) is 15.6. The molecule has 46 heavy (non-hydrogen) atoms. The van der Waals surface area contributed by atoms with Gasteiger partial charge in [-0.1, -0.05) is 12.1 Å². The monoisotopic (exact) mass is 640 g/mol. The van der Waals surface area contributed by atoms with Crippen molar-refractivity contribution in [2.45, 2.75) is 51.7 Å². The van der Waals surface area contributed by atoms with Crippen LogP contribution in [0.1, 0.15) is 39.2 Å². The highest BCUT2D eigenvalue weighted by atomic mass is 19.1. The van der Waals surface area contributed by atoms with Crippen molar-refractivity contribution in [3.05, 3.63) is 53.8 Å². The van der Waals surface area contributed by atoms with Crippen LogP contribution >= 0.6 is 0 Å². The normalized spacial score (nSPS) is 16.8. The van der Waals surface area contributed by atoms with Crippen LogP contribution in [-0.2, 0) is 25.5 Å². The van der Waals surface area contributed by atoms with Crippen molar-refractivity contribution < 1.29 is 33.0 Å². The Labute approximate surface area is 269 Å². The summed E-state index contributed by atoms with van der Waals surface area (Å²) in [6.45, 7) is 7.79. The molecule has 2 heterocycles. The van der Waals surface area contributed by atoms with Gasteiger partial charge in [-0.05, 0) is 83.6 Å². The van der Waals surface area contributed by atoms with Crippen molar-refractivity contribution in [3.8, 4) is 0 Å². The Morgan fingerprint density at radius 3 is 2.37 bits per heavy atom. The lowest BCUT2D eigenvalue weighted by molar-refractivity contribution is -0.131. The van der Waals surface area contributed by atoms with Gasteiger partial charge in [0.15, 0.2) is 0 Å². The van der Waals surface area contributed by atoms with Gasteiger partial charge in [-0.15, -0.1) is 0 Å². The molecule has 2 N–H and O–H groups in total. The van der Waals surface area contributed by atoms with E-state index in [9.17, 15) is 19.2 Å². The smallest absolute Gasteiger partial charge is 0.414 e. The number of hydrogen-bond donors (Lipinski definition) is 2. The number of carbonyl (C=O) groups excluding carboxylic acids is 4. The summed E-state index contributed by atoms with van der Waals surface area (Å²) in [5.41, 5.74) is 1.97. The van der Waals surface area contributed by atoms with Gasteiger partial charge in [0, 0.05) is 38.3 Å². The molecule has 2 saturated heterocycles. The largest absolute Gasteiger partial charge is 0.444 e. The van der Waals surface area contributed by atoms with Crippen LogP contribution in [0.5, 0.6) is 0 Å². The number of piperazine rings is 1. The Balaban J connectivity index is 1.19. The van der Waals surface area contributed by atoms with Crippen molar-refractivity contribution in [2.75, 3.05) is 75.0 Å². The third-order valence-corrected chi connectivity index (χ3v) is 7.52. The highest BCUT2D eigenvalue weighted by Gasteiger charge is 2.33. The second-order valence-electron chi connectivity index (χ2n) is 12.8. The van der Waals surface area contributed by atoms with Crippen LogP contribution in [0.25, 0.3) is 0 Å². The minimum atomic E-state index is -0.646. The Morgan fingerprint density at radius 1 is 1.04 bits per heavy atom. The fraction of sp³-hybridized carbons (Fsp3) is 0.515. The molecule has 2 aliphatic heterocycles. The summed E-state index contributed by atoms with van der Waals surface area (Å²) in [4.78, 5) is 56.0. The Kier molecular flexibility index (Phi) is 11.4. The molecule has 4 amide bonds. The van der Waals surface area contributed by atoms with Crippen LogP contribution in [0, 0.1) is 5.82 Å². The van der Waals surface area contributed by atoms with E-state index in [0.717, 1.165) is 17.7 Å². The van der Waals surface area contributed by atoms with E-state index in [1.165, 1.54) is 11.0 Å². The first kappa shape index (κ1) is 34.5. The van der Waals surface area contributed by atoms with E-state index in [4.69, 9.17) is 9.47 Å². The molecule has 250 valence electrons. The highest BCUT2D eigenvalue weighted by molar-refractivity contribution is 5.92. The average Bonchev–Trinajstić information content (AvgIpc) is 3.36. The van der Waals surface area contributed by atoms with Crippen LogP contribution in [0.3, 0.4) is 0 Å². The molecule has 0 spiro atoms. The SMILES string of the molecule is CN(C)CC(=O)Nc1ccc(CCCC(=O)N2CCN(c3ccc(N4C[C@H](CNC(=O)OC(C)(C)C)OC4=O)cc3F)CC2)cc1. The van der Waals surface area contributed by atoms with Crippen molar-refractivity contribution in [1.82, 2.24) is 15.1 Å². The molecule has 2 fully saturated rings. The first-order valence-electron chi connectivity index (χ1n) is 15.6. The lowest BCUT2D eigenvalue weighted by atomic mass is 10.1. The molecule has 0 unspecified atom stereocenters. The number of cyclic esters (lactones) is 1.